The van der Waals surface area contributed by atoms with Gasteiger partial charge in [-0.2, -0.15) is 4.98 Å². The van der Waals surface area contributed by atoms with Crippen LogP contribution in [0.5, 0.6) is 0 Å². The monoisotopic (exact) mass is 350 g/mol. The lowest BCUT2D eigenvalue weighted by Crippen LogP contribution is -2.31. The van der Waals surface area contributed by atoms with Gasteiger partial charge in [0, 0.05) is 5.56 Å². The second kappa shape index (κ2) is 6.81. The summed E-state index contributed by atoms with van der Waals surface area (Å²) in [5, 5.41) is 16.2. The van der Waals surface area contributed by atoms with Gasteiger partial charge >= 0.3 is 0 Å². The van der Waals surface area contributed by atoms with Crippen LogP contribution >= 0.6 is 11.6 Å². The number of nitrogens with zero attached hydrogens (tertiary/aromatic N) is 2. The maximum Gasteiger partial charge on any atom is 0.251 e. The molecule has 0 aliphatic carbocycles. The van der Waals surface area contributed by atoms with E-state index in [1.54, 1.807) is 12.1 Å². The van der Waals surface area contributed by atoms with Crippen LogP contribution in [0.15, 0.2) is 40.9 Å². The summed E-state index contributed by atoms with van der Waals surface area (Å²) in [7, 11) is 0. The SMILES string of the molecule is O=C(N[C@@H](CO)c1nc(-c2ccc(Cl)[nH]2)no1)c1ccc(F)cc1. The second-order valence-corrected chi connectivity index (χ2v) is 5.30. The highest BCUT2D eigenvalue weighted by Gasteiger charge is 2.22. The van der Waals surface area contributed by atoms with Gasteiger partial charge in [0.25, 0.3) is 11.8 Å². The standard InChI is InChI=1S/C15H12ClFN4O3/c16-12-6-5-10(18-12)13-20-15(24-21-13)11(7-22)19-14(23)8-1-3-9(17)4-2-8/h1-6,11,18,22H,7H2,(H,19,23)/t11-/m0/s1. The third-order valence-corrected chi connectivity index (χ3v) is 3.45. The van der Waals surface area contributed by atoms with Crippen LogP contribution in [0.1, 0.15) is 22.3 Å². The highest BCUT2D eigenvalue weighted by atomic mass is 35.5. The Morgan fingerprint density at radius 1 is 1.33 bits per heavy atom. The zero-order valence-corrected chi connectivity index (χ0v) is 12.9. The number of H-pyrrole nitrogens is 1. The smallest absolute Gasteiger partial charge is 0.251 e. The van der Waals surface area contributed by atoms with Crippen LogP contribution in [-0.2, 0) is 0 Å². The topological polar surface area (TPSA) is 104 Å². The molecule has 3 aromatic rings. The van der Waals surface area contributed by atoms with E-state index in [0.29, 0.717) is 10.8 Å². The summed E-state index contributed by atoms with van der Waals surface area (Å²) in [4.78, 5) is 19.1. The molecule has 0 saturated carbocycles. The first kappa shape index (κ1) is 16.2. The number of carbonyl (C=O) groups is 1. The zero-order valence-electron chi connectivity index (χ0n) is 12.2. The number of hydrogen-bond donors (Lipinski definition) is 3. The molecule has 7 nitrogen and oxygen atoms in total. The second-order valence-electron chi connectivity index (χ2n) is 4.89. The Morgan fingerprint density at radius 3 is 2.71 bits per heavy atom. The fourth-order valence-corrected chi connectivity index (χ4v) is 2.18. The number of aliphatic hydroxyl groups is 1. The Kier molecular flexibility index (Phi) is 4.59. The fourth-order valence-electron chi connectivity index (χ4n) is 2.01. The number of rotatable bonds is 5. The van der Waals surface area contributed by atoms with E-state index in [0.717, 1.165) is 0 Å². The van der Waals surface area contributed by atoms with Gasteiger partial charge in [-0.25, -0.2) is 4.39 Å². The highest BCUT2D eigenvalue weighted by Crippen LogP contribution is 2.20. The third-order valence-electron chi connectivity index (χ3n) is 3.23. The van der Waals surface area contributed by atoms with Gasteiger partial charge in [0.05, 0.1) is 12.3 Å². The van der Waals surface area contributed by atoms with Crippen LogP contribution in [0.25, 0.3) is 11.5 Å². The minimum absolute atomic E-state index is 0.0358. The lowest BCUT2D eigenvalue weighted by molar-refractivity contribution is 0.0901. The predicted molar refractivity (Wildman–Crippen MR) is 82.8 cm³/mol. The van der Waals surface area contributed by atoms with E-state index in [4.69, 9.17) is 16.1 Å². The largest absolute Gasteiger partial charge is 0.394 e. The molecule has 124 valence electrons. The molecule has 0 fully saturated rings. The Hall–Kier alpha value is -2.71. The van der Waals surface area contributed by atoms with Crippen molar-refractivity contribution >= 4 is 17.5 Å². The van der Waals surface area contributed by atoms with E-state index in [1.807, 2.05) is 0 Å². The fraction of sp³-hybridized carbons (Fsp3) is 0.133. The van der Waals surface area contributed by atoms with Crippen molar-refractivity contribution in [3.8, 4) is 11.5 Å². The normalized spacial score (nSPS) is 12.1. The Balaban J connectivity index is 1.75. The molecular formula is C15H12ClFN4O3. The van der Waals surface area contributed by atoms with Crippen molar-refractivity contribution < 1.29 is 18.8 Å². The maximum absolute atomic E-state index is 12.9. The van der Waals surface area contributed by atoms with Gasteiger partial charge in [-0.05, 0) is 36.4 Å². The first-order valence-corrected chi connectivity index (χ1v) is 7.30. The first-order chi connectivity index (χ1) is 11.6. The number of benzene rings is 1. The van der Waals surface area contributed by atoms with Gasteiger partial charge in [-0.15, -0.1) is 0 Å². The number of aromatic amines is 1. The molecule has 2 heterocycles. The van der Waals surface area contributed by atoms with E-state index in [9.17, 15) is 14.3 Å². The van der Waals surface area contributed by atoms with Gasteiger partial charge in [-0.1, -0.05) is 16.8 Å². The Labute approximate surface area is 140 Å². The molecule has 0 saturated heterocycles. The predicted octanol–water partition coefficient (Wildman–Crippen LogP) is 2.32. The Bertz CT molecular complexity index is 847. The van der Waals surface area contributed by atoms with Crippen LogP contribution in [0, 0.1) is 5.82 Å². The van der Waals surface area contributed by atoms with Gasteiger partial charge in [0.1, 0.15) is 17.0 Å². The van der Waals surface area contributed by atoms with Crippen LogP contribution in [-0.4, -0.2) is 32.7 Å². The van der Waals surface area contributed by atoms with E-state index < -0.39 is 24.4 Å². The number of carbonyl (C=O) groups excluding carboxylic acids is 1. The highest BCUT2D eigenvalue weighted by molar-refractivity contribution is 6.29. The summed E-state index contributed by atoms with van der Waals surface area (Å²) in [6.07, 6.45) is 0. The molecule has 0 unspecified atom stereocenters. The summed E-state index contributed by atoms with van der Waals surface area (Å²) in [6, 6.07) is 7.41. The summed E-state index contributed by atoms with van der Waals surface area (Å²) in [5.41, 5.74) is 0.780. The molecule has 0 aliphatic rings. The number of halogens is 2. The quantitative estimate of drug-likeness (QED) is 0.655. The van der Waals surface area contributed by atoms with Gasteiger partial charge in [0.15, 0.2) is 0 Å². The number of hydrogen-bond acceptors (Lipinski definition) is 5. The number of aromatic nitrogens is 3. The molecule has 0 radical (unpaired) electrons. The zero-order chi connectivity index (χ0) is 17.1. The van der Waals surface area contributed by atoms with Crippen molar-refractivity contribution in [1.82, 2.24) is 20.4 Å². The summed E-state index contributed by atoms with van der Waals surface area (Å²) < 4.78 is 18.0. The molecule has 1 aromatic carbocycles. The molecule has 3 rings (SSSR count). The van der Waals surface area contributed by atoms with Crippen LogP contribution in [0.3, 0.4) is 0 Å². The molecule has 0 aliphatic heterocycles. The molecule has 1 atom stereocenters. The van der Waals surface area contributed by atoms with Crippen LogP contribution in [0.2, 0.25) is 5.15 Å². The molecular weight excluding hydrogens is 339 g/mol. The molecule has 0 bridgehead atoms. The molecule has 0 spiro atoms. The van der Waals surface area contributed by atoms with Crippen LogP contribution in [0.4, 0.5) is 4.39 Å². The molecule has 24 heavy (non-hydrogen) atoms. The summed E-state index contributed by atoms with van der Waals surface area (Å²) in [6.45, 7) is -0.444. The van der Waals surface area contributed by atoms with Crippen LogP contribution < -0.4 is 5.32 Å². The number of aliphatic hydroxyl groups excluding tert-OH is 1. The van der Waals surface area contributed by atoms with Crippen molar-refractivity contribution in [2.75, 3.05) is 6.61 Å². The van der Waals surface area contributed by atoms with Gasteiger partial charge in [0.2, 0.25) is 5.82 Å². The lowest BCUT2D eigenvalue weighted by atomic mass is 10.2. The van der Waals surface area contributed by atoms with Crippen molar-refractivity contribution in [3.05, 3.63) is 58.8 Å². The Morgan fingerprint density at radius 2 is 2.08 bits per heavy atom. The number of amides is 1. The average Bonchev–Trinajstić information content (AvgIpc) is 3.22. The molecule has 2 aromatic heterocycles. The van der Waals surface area contributed by atoms with E-state index in [-0.39, 0.29) is 17.3 Å². The van der Waals surface area contributed by atoms with Crippen molar-refractivity contribution in [2.45, 2.75) is 6.04 Å². The van der Waals surface area contributed by atoms with E-state index in [1.165, 1.54) is 24.3 Å². The lowest BCUT2D eigenvalue weighted by Gasteiger charge is -2.12. The summed E-state index contributed by atoms with van der Waals surface area (Å²) >= 11 is 5.79. The molecule has 1 amide bonds. The maximum atomic E-state index is 12.9. The van der Waals surface area contributed by atoms with E-state index in [2.05, 4.69) is 20.4 Å². The average molecular weight is 351 g/mol. The van der Waals surface area contributed by atoms with Crippen molar-refractivity contribution in [1.29, 1.82) is 0 Å². The minimum Gasteiger partial charge on any atom is -0.394 e. The number of nitrogens with one attached hydrogen (secondary N) is 2. The first-order valence-electron chi connectivity index (χ1n) is 6.92. The van der Waals surface area contributed by atoms with E-state index >= 15 is 0 Å². The molecule has 9 heteroatoms. The van der Waals surface area contributed by atoms with Gasteiger partial charge < -0.3 is 19.9 Å². The van der Waals surface area contributed by atoms with Crippen molar-refractivity contribution in [2.24, 2.45) is 0 Å². The third kappa shape index (κ3) is 3.44. The van der Waals surface area contributed by atoms with Crippen molar-refractivity contribution in [3.63, 3.8) is 0 Å². The summed E-state index contributed by atoms with van der Waals surface area (Å²) in [5.74, 6) is -0.673. The van der Waals surface area contributed by atoms with Gasteiger partial charge in [-0.3, -0.25) is 4.79 Å². The molecule has 3 N–H and O–H groups in total. The minimum atomic E-state index is -0.894.